The summed E-state index contributed by atoms with van der Waals surface area (Å²) in [5.74, 6) is -0.230. The molecule has 0 heterocycles. The molecule has 1 aliphatic rings. The lowest BCUT2D eigenvalue weighted by molar-refractivity contribution is -0.154. The van der Waals surface area contributed by atoms with Crippen molar-refractivity contribution in [2.75, 3.05) is 18.6 Å². The maximum absolute atomic E-state index is 11.6. The summed E-state index contributed by atoms with van der Waals surface area (Å²) >= 11 is 1.64. The summed E-state index contributed by atoms with van der Waals surface area (Å²) in [5.41, 5.74) is 4.95. The van der Waals surface area contributed by atoms with E-state index < -0.39 is 17.4 Å². The molecule has 17 heavy (non-hydrogen) atoms. The number of thioether (sulfide) groups is 1. The van der Waals surface area contributed by atoms with Gasteiger partial charge in [0, 0.05) is 6.54 Å². The van der Waals surface area contributed by atoms with E-state index >= 15 is 0 Å². The largest absolute Gasteiger partial charge is 0.481 e. The smallest absolute Gasteiger partial charge is 0.311 e. The average Bonchev–Trinajstić information content (AvgIpc) is 2.23. The number of hydrogen-bond acceptors (Lipinski definition) is 4. The van der Waals surface area contributed by atoms with Crippen LogP contribution in [0, 0.1) is 5.41 Å². The summed E-state index contributed by atoms with van der Waals surface area (Å²) in [6.45, 7) is 0.203. The molecule has 4 N–H and O–H groups in total. The Balaban J connectivity index is 2.34. The maximum atomic E-state index is 11.6. The Bertz CT molecular complexity index is 292. The fourth-order valence-corrected chi connectivity index (χ4v) is 2.32. The van der Waals surface area contributed by atoms with Gasteiger partial charge in [-0.1, -0.05) is 6.42 Å². The van der Waals surface area contributed by atoms with Crippen LogP contribution < -0.4 is 11.1 Å². The third-order valence-corrected chi connectivity index (χ3v) is 3.98. The monoisotopic (exact) mass is 260 g/mol. The Morgan fingerprint density at radius 2 is 2.18 bits per heavy atom. The van der Waals surface area contributed by atoms with Crippen molar-refractivity contribution in [3.05, 3.63) is 0 Å². The van der Waals surface area contributed by atoms with Crippen LogP contribution in [0.4, 0.5) is 0 Å². The minimum Gasteiger partial charge on any atom is -0.481 e. The highest BCUT2D eigenvalue weighted by atomic mass is 32.2. The van der Waals surface area contributed by atoms with E-state index in [0.29, 0.717) is 19.3 Å². The summed E-state index contributed by atoms with van der Waals surface area (Å²) in [6, 6.07) is -0.534. The lowest BCUT2D eigenvalue weighted by Gasteiger charge is -2.37. The molecule has 0 spiro atoms. The van der Waals surface area contributed by atoms with Gasteiger partial charge in [-0.3, -0.25) is 9.59 Å². The maximum Gasteiger partial charge on any atom is 0.311 e. The number of carboxylic acid groups (broad SMARTS) is 1. The van der Waals surface area contributed by atoms with Crippen LogP contribution in [-0.2, 0) is 9.59 Å². The van der Waals surface area contributed by atoms with Crippen molar-refractivity contribution in [3.8, 4) is 0 Å². The summed E-state index contributed by atoms with van der Waals surface area (Å²) in [4.78, 5) is 22.7. The van der Waals surface area contributed by atoms with Gasteiger partial charge in [0.25, 0.3) is 0 Å². The van der Waals surface area contributed by atoms with Gasteiger partial charge in [-0.25, -0.2) is 0 Å². The van der Waals surface area contributed by atoms with Crippen LogP contribution >= 0.6 is 11.8 Å². The van der Waals surface area contributed by atoms with Crippen LogP contribution in [0.1, 0.15) is 25.7 Å². The predicted molar refractivity (Wildman–Crippen MR) is 67.9 cm³/mol. The second-order valence-electron chi connectivity index (χ2n) is 4.54. The van der Waals surface area contributed by atoms with Crippen molar-refractivity contribution < 1.29 is 14.7 Å². The number of nitrogens with two attached hydrogens (primary N) is 1. The topological polar surface area (TPSA) is 92.4 Å². The lowest BCUT2D eigenvalue weighted by Crippen LogP contribution is -2.51. The number of carboxylic acids is 1. The van der Waals surface area contributed by atoms with Crippen molar-refractivity contribution in [3.63, 3.8) is 0 Å². The minimum absolute atomic E-state index is 0.203. The predicted octanol–water partition coefficient (Wildman–Crippen LogP) is 0.438. The number of rotatable bonds is 7. The van der Waals surface area contributed by atoms with E-state index in [1.54, 1.807) is 11.8 Å². The molecule has 5 nitrogen and oxygen atoms in total. The summed E-state index contributed by atoms with van der Waals surface area (Å²) in [7, 11) is 0. The molecular formula is C11H20N2O3S. The second-order valence-corrected chi connectivity index (χ2v) is 5.53. The van der Waals surface area contributed by atoms with Gasteiger partial charge in [0.05, 0.1) is 11.5 Å². The fourth-order valence-electron chi connectivity index (χ4n) is 1.83. The second kappa shape index (κ2) is 6.26. The molecule has 1 amide bonds. The van der Waals surface area contributed by atoms with Gasteiger partial charge in [-0.05, 0) is 31.3 Å². The Morgan fingerprint density at radius 1 is 1.53 bits per heavy atom. The first-order valence-electron chi connectivity index (χ1n) is 5.77. The first-order chi connectivity index (χ1) is 8.02. The van der Waals surface area contributed by atoms with E-state index in [1.165, 1.54) is 0 Å². The highest BCUT2D eigenvalue weighted by Crippen LogP contribution is 2.40. The van der Waals surface area contributed by atoms with Crippen LogP contribution in [0.2, 0.25) is 0 Å². The zero-order chi connectivity index (χ0) is 12.9. The zero-order valence-corrected chi connectivity index (χ0v) is 10.9. The number of nitrogens with one attached hydrogen (secondary N) is 1. The first kappa shape index (κ1) is 14.3. The number of amides is 1. The molecule has 0 radical (unpaired) electrons. The number of hydrogen-bond donors (Lipinski definition) is 3. The van der Waals surface area contributed by atoms with Crippen LogP contribution in [-0.4, -0.2) is 41.6 Å². The van der Waals surface area contributed by atoms with Gasteiger partial charge in [-0.15, -0.1) is 0 Å². The van der Waals surface area contributed by atoms with Gasteiger partial charge in [0.1, 0.15) is 0 Å². The van der Waals surface area contributed by atoms with Crippen LogP contribution in [0.15, 0.2) is 0 Å². The highest BCUT2D eigenvalue weighted by molar-refractivity contribution is 7.98. The quantitative estimate of drug-likeness (QED) is 0.617. The minimum atomic E-state index is -0.818. The third-order valence-electron chi connectivity index (χ3n) is 3.34. The van der Waals surface area contributed by atoms with Crippen molar-refractivity contribution >= 4 is 23.6 Å². The van der Waals surface area contributed by atoms with Crippen LogP contribution in [0.5, 0.6) is 0 Å². The van der Waals surface area contributed by atoms with Crippen molar-refractivity contribution in [2.24, 2.45) is 11.1 Å². The van der Waals surface area contributed by atoms with Gasteiger partial charge < -0.3 is 16.2 Å². The van der Waals surface area contributed by atoms with Crippen molar-refractivity contribution in [2.45, 2.75) is 31.7 Å². The number of aliphatic carboxylic acids is 1. The molecule has 0 unspecified atom stereocenters. The normalized spacial score (nSPS) is 19.2. The first-order valence-corrected chi connectivity index (χ1v) is 7.17. The van der Waals surface area contributed by atoms with Gasteiger partial charge >= 0.3 is 5.97 Å². The fraction of sp³-hybridized carbons (Fsp3) is 0.818. The van der Waals surface area contributed by atoms with Gasteiger partial charge in [0.15, 0.2) is 0 Å². The van der Waals surface area contributed by atoms with E-state index in [0.717, 1.165) is 12.2 Å². The molecule has 1 aliphatic carbocycles. The third kappa shape index (κ3) is 3.61. The Morgan fingerprint density at radius 3 is 2.59 bits per heavy atom. The standard InChI is InChI=1S/C11H20N2O3S/c1-17-6-3-8(12)9(14)13-7-11(10(15)16)4-2-5-11/h8H,2-7,12H2,1H3,(H,13,14)(H,15,16)/t8-/m1/s1. The molecule has 0 aromatic heterocycles. The molecule has 0 saturated heterocycles. The average molecular weight is 260 g/mol. The van der Waals surface area contributed by atoms with Crippen LogP contribution in [0.3, 0.4) is 0 Å². The molecule has 0 aromatic rings. The van der Waals surface area contributed by atoms with Gasteiger partial charge in [-0.2, -0.15) is 11.8 Å². The van der Waals surface area contributed by atoms with E-state index in [-0.39, 0.29) is 12.5 Å². The summed E-state index contributed by atoms with van der Waals surface area (Å²) in [6.07, 6.45) is 4.78. The van der Waals surface area contributed by atoms with Gasteiger partial charge in [0.2, 0.25) is 5.91 Å². The van der Waals surface area contributed by atoms with E-state index in [2.05, 4.69) is 5.32 Å². The molecule has 1 saturated carbocycles. The molecule has 6 heteroatoms. The SMILES string of the molecule is CSCC[C@@H](N)C(=O)NCC1(C(=O)O)CCC1. The molecule has 1 rings (SSSR count). The van der Waals surface area contributed by atoms with E-state index in [4.69, 9.17) is 10.8 Å². The van der Waals surface area contributed by atoms with Crippen molar-refractivity contribution in [1.82, 2.24) is 5.32 Å². The number of carbonyl (C=O) groups is 2. The van der Waals surface area contributed by atoms with E-state index in [9.17, 15) is 9.59 Å². The summed E-state index contributed by atoms with van der Waals surface area (Å²) < 4.78 is 0. The Hall–Kier alpha value is -0.750. The number of carbonyl (C=O) groups excluding carboxylic acids is 1. The highest BCUT2D eigenvalue weighted by Gasteiger charge is 2.44. The summed E-state index contributed by atoms with van der Waals surface area (Å²) in [5, 5.41) is 11.8. The Kier molecular flexibility index (Phi) is 5.27. The van der Waals surface area contributed by atoms with Crippen LogP contribution in [0.25, 0.3) is 0 Å². The molecule has 0 aromatic carbocycles. The molecule has 0 bridgehead atoms. The molecular weight excluding hydrogens is 240 g/mol. The molecule has 98 valence electrons. The zero-order valence-electron chi connectivity index (χ0n) is 10.1. The molecule has 1 atom stereocenters. The molecule has 0 aliphatic heterocycles. The van der Waals surface area contributed by atoms with Crippen molar-refractivity contribution in [1.29, 1.82) is 0 Å². The van der Waals surface area contributed by atoms with E-state index in [1.807, 2.05) is 6.26 Å². The Labute approximate surface area is 106 Å². The molecule has 1 fully saturated rings. The lowest BCUT2D eigenvalue weighted by atomic mass is 9.69.